The van der Waals surface area contributed by atoms with Crippen LogP contribution in [0.3, 0.4) is 0 Å². The zero-order chi connectivity index (χ0) is 14.4. The largest absolute Gasteiger partial charge is 0.467 e. The number of morpholine rings is 1. The van der Waals surface area contributed by atoms with E-state index in [9.17, 15) is 9.59 Å². The molecule has 20 heavy (non-hydrogen) atoms. The number of pyridine rings is 1. The van der Waals surface area contributed by atoms with E-state index in [0.29, 0.717) is 13.2 Å². The fourth-order valence-electron chi connectivity index (χ4n) is 1.94. The lowest BCUT2D eigenvalue weighted by Gasteiger charge is -2.32. The van der Waals surface area contributed by atoms with Gasteiger partial charge in [0.25, 0.3) is 0 Å². The van der Waals surface area contributed by atoms with E-state index >= 15 is 0 Å². The van der Waals surface area contributed by atoms with Crippen LogP contribution in [0.25, 0.3) is 6.08 Å². The van der Waals surface area contributed by atoms with Crippen molar-refractivity contribution >= 4 is 18.0 Å². The molecule has 0 bridgehead atoms. The van der Waals surface area contributed by atoms with Gasteiger partial charge in [0.05, 0.1) is 20.3 Å². The Morgan fingerprint density at radius 2 is 2.40 bits per heavy atom. The van der Waals surface area contributed by atoms with Crippen LogP contribution in [0.15, 0.2) is 30.6 Å². The van der Waals surface area contributed by atoms with E-state index in [2.05, 4.69) is 9.72 Å². The fourth-order valence-corrected chi connectivity index (χ4v) is 1.94. The van der Waals surface area contributed by atoms with Gasteiger partial charge in [-0.25, -0.2) is 4.79 Å². The summed E-state index contributed by atoms with van der Waals surface area (Å²) in [6.07, 6.45) is 6.41. The van der Waals surface area contributed by atoms with Crippen LogP contribution in [0.1, 0.15) is 5.56 Å². The number of carbonyl (C=O) groups excluding carboxylic acids is 2. The van der Waals surface area contributed by atoms with Gasteiger partial charge in [0.1, 0.15) is 0 Å². The maximum Gasteiger partial charge on any atom is 0.331 e. The molecular formula is C14H16N2O4. The number of rotatable bonds is 3. The Bertz CT molecular complexity index is 501. The zero-order valence-corrected chi connectivity index (χ0v) is 11.2. The Kier molecular flexibility index (Phi) is 4.84. The third kappa shape index (κ3) is 3.42. The molecule has 0 N–H and O–H groups in total. The molecule has 0 aromatic carbocycles. The Morgan fingerprint density at radius 3 is 3.10 bits per heavy atom. The minimum Gasteiger partial charge on any atom is -0.467 e. The Balaban J connectivity index is 2.06. The van der Waals surface area contributed by atoms with Crippen LogP contribution in [0.5, 0.6) is 0 Å². The molecule has 1 aliphatic rings. The van der Waals surface area contributed by atoms with Crippen molar-refractivity contribution in [3.8, 4) is 0 Å². The third-order valence-electron chi connectivity index (χ3n) is 2.99. The molecule has 106 valence electrons. The van der Waals surface area contributed by atoms with Crippen molar-refractivity contribution in [2.45, 2.75) is 6.04 Å². The minimum absolute atomic E-state index is 0.166. The summed E-state index contributed by atoms with van der Waals surface area (Å²) in [5, 5.41) is 0. The van der Waals surface area contributed by atoms with E-state index in [4.69, 9.17) is 4.74 Å². The Hall–Kier alpha value is -2.21. The van der Waals surface area contributed by atoms with Crippen molar-refractivity contribution in [2.75, 3.05) is 26.9 Å². The van der Waals surface area contributed by atoms with Gasteiger partial charge in [0, 0.05) is 25.0 Å². The van der Waals surface area contributed by atoms with Crippen LogP contribution in [0.2, 0.25) is 0 Å². The summed E-state index contributed by atoms with van der Waals surface area (Å²) in [4.78, 5) is 29.2. The highest BCUT2D eigenvalue weighted by Gasteiger charge is 2.32. The van der Waals surface area contributed by atoms with E-state index in [1.807, 2.05) is 6.07 Å². The maximum absolute atomic E-state index is 12.2. The Morgan fingerprint density at radius 1 is 1.55 bits per heavy atom. The van der Waals surface area contributed by atoms with Crippen LogP contribution in [-0.2, 0) is 19.1 Å². The SMILES string of the molecule is COC(=O)C1COCCN1C(=O)/C=C/c1cccnc1. The number of amides is 1. The lowest BCUT2D eigenvalue weighted by Crippen LogP contribution is -2.52. The second-order valence-corrected chi connectivity index (χ2v) is 4.27. The number of hydrogen-bond donors (Lipinski definition) is 0. The summed E-state index contributed by atoms with van der Waals surface area (Å²) in [6.45, 7) is 0.953. The minimum atomic E-state index is -0.681. The predicted molar refractivity (Wildman–Crippen MR) is 71.6 cm³/mol. The molecule has 1 amide bonds. The van der Waals surface area contributed by atoms with E-state index in [0.717, 1.165) is 5.56 Å². The van der Waals surface area contributed by atoms with Gasteiger partial charge in [-0.05, 0) is 17.7 Å². The van der Waals surface area contributed by atoms with Crippen LogP contribution >= 0.6 is 0 Å². The fraction of sp³-hybridized carbons (Fsp3) is 0.357. The van der Waals surface area contributed by atoms with Gasteiger partial charge in [-0.2, -0.15) is 0 Å². The van der Waals surface area contributed by atoms with E-state index in [-0.39, 0.29) is 12.5 Å². The van der Waals surface area contributed by atoms with Crippen LogP contribution in [0, 0.1) is 0 Å². The van der Waals surface area contributed by atoms with Gasteiger partial charge in [0.2, 0.25) is 5.91 Å². The number of hydrogen-bond acceptors (Lipinski definition) is 5. The normalized spacial score (nSPS) is 19.1. The van der Waals surface area contributed by atoms with Crippen molar-refractivity contribution in [1.82, 2.24) is 9.88 Å². The molecule has 6 nitrogen and oxygen atoms in total. The molecule has 1 aromatic heterocycles. The van der Waals surface area contributed by atoms with Crippen LogP contribution in [-0.4, -0.2) is 54.7 Å². The molecule has 2 rings (SSSR count). The molecule has 1 unspecified atom stereocenters. The number of esters is 1. The van der Waals surface area contributed by atoms with Crippen LogP contribution in [0.4, 0.5) is 0 Å². The van der Waals surface area contributed by atoms with Gasteiger partial charge in [-0.15, -0.1) is 0 Å². The molecule has 6 heteroatoms. The van der Waals surface area contributed by atoms with Gasteiger partial charge >= 0.3 is 5.97 Å². The topological polar surface area (TPSA) is 68.7 Å². The molecule has 0 spiro atoms. The maximum atomic E-state index is 12.2. The average molecular weight is 276 g/mol. The van der Waals surface area contributed by atoms with E-state index < -0.39 is 12.0 Å². The van der Waals surface area contributed by atoms with Crippen LogP contribution < -0.4 is 0 Å². The molecule has 0 saturated carbocycles. The number of nitrogens with zero attached hydrogens (tertiary/aromatic N) is 2. The number of methoxy groups -OCH3 is 1. The predicted octanol–water partition coefficient (Wildman–Crippen LogP) is 0.495. The summed E-state index contributed by atoms with van der Waals surface area (Å²) in [6, 6.07) is 2.95. The first-order valence-electron chi connectivity index (χ1n) is 6.26. The van der Waals surface area contributed by atoms with Gasteiger partial charge < -0.3 is 14.4 Å². The molecule has 1 atom stereocenters. The average Bonchev–Trinajstić information content (AvgIpc) is 2.52. The molecule has 1 fully saturated rings. The standard InChI is InChI=1S/C14H16N2O4/c1-19-14(18)12-10-20-8-7-16(12)13(17)5-4-11-3-2-6-15-9-11/h2-6,9,12H,7-8,10H2,1H3/b5-4+. The van der Waals surface area contributed by atoms with Crippen molar-refractivity contribution in [3.63, 3.8) is 0 Å². The smallest absolute Gasteiger partial charge is 0.331 e. The quantitative estimate of drug-likeness (QED) is 0.594. The van der Waals surface area contributed by atoms with Crippen molar-refractivity contribution in [3.05, 3.63) is 36.2 Å². The highest BCUT2D eigenvalue weighted by molar-refractivity contribution is 5.94. The summed E-state index contributed by atoms with van der Waals surface area (Å²) in [5.74, 6) is -0.708. The first-order valence-corrected chi connectivity index (χ1v) is 6.26. The molecular weight excluding hydrogens is 260 g/mol. The lowest BCUT2D eigenvalue weighted by atomic mass is 10.2. The monoisotopic (exact) mass is 276 g/mol. The molecule has 0 aliphatic carbocycles. The van der Waals surface area contributed by atoms with E-state index in [1.165, 1.54) is 18.1 Å². The zero-order valence-electron chi connectivity index (χ0n) is 11.2. The highest BCUT2D eigenvalue weighted by Crippen LogP contribution is 2.10. The summed E-state index contributed by atoms with van der Waals surface area (Å²) in [5.41, 5.74) is 0.823. The number of carbonyl (C=O) groups is 2. The van der Waals surface area contributed by atoms with E-state index in [1.54, 1.807) is 24.5 Å². The van der Waals surface area contributed by atoms with Gasteiger partial charge in [-0.1, -0.05) is 6.07 Å². The number of ether oxygens (including phenoxy) is 2. The first kappa shape index (κ1) is 14.2. The molecule has 1 aromatic rings. The van der Waals surface area contributed by atoms with Crippen molar-refractivity contribution in [2.24, 2.45) is 0 Å². The molecule has 1 saturated heterocycles. The van der Waals surface area contributed by atoms with Gasteiger partial charge in [0.15, 0.2) is 6.04 Å². The second-order valence-electron chi connectivity index (χ2n) is 4.27. The second kappa shape index (κ2) is 6.81. The Labute approximate surface area is 117 Å². The highest BCUT2D eigenvalue weighted by atomic mass is 16.5. The summed E-state index contributed by atoms with van der Waals surface area (Å²) in [7, 11) is 1.30. The first-order chi connectivity index (χ1) is 9.72. The number of aromatic nitrogens is 1. The molecule has 2 heterocycles. The lowest BCUT2D eigenvalue weighted by molar-refractivity contribution is -0.158. The summed E-state index contributed by atoms with van der Waals surface area (Å²) < 4.78 is 9.91. The molecule has 0 radical (unpaired) electrons. The third-order valence-corrected chi connectivity index (χ3v) is 2.99. The van der Waals surface area contributed by atoms with Crippen molar-refractivity contribution in [1.29, 1.82) is 0 Å². The summed E-state index contributed by atoms with van der Waals surface area (Å²) >= 11 is 0. The molecule has 1 aliphatic heterocycles. The van der Waals surface area contributed by atoms with Crippen molar-refractivity contribution < 1.29 is 19.1 Å². The van der Waals surface area contributed by atoms with Gasteiger partial charge in [-0.3, -0.25) is 9.78 Å².